The lowest BCUT2D eigenvalue weighted by Gasteiger charge is -2.10. The molecule has 1 fully saturated rings. The van der Waals surface area contributed by atoms with Gasteiger partial charge in [0, 0.05) is 19.8 Å². The Labute approximate surface area is 93.3 Å². The summed E-state index contributed by atoms with van der Waals surface area (Å²) in [7, 11) is 0. The van der Waals surface area contributed by atoms with Crippen LogP contribution in [0.2, 0.25) is 0 Å². The number of rotatable bonds is 7. The molecule has 0 aromatic carbocycles. The van der Waals surface area contributed by atoms with Crippen molar-refractivity contribution >= 4 is 0 Å². The molecule has 1 N–H and O–H groups in total. The van der Waals surface area contributed by atoms with E-state index < -0.39 is 12.8 Å². The van der Waals surface area contributed by atoms with Gasteiger partial charge in [-0.3, -0.25) is 0 Å². The van der Waals surface area contributed by atoms with Crippen molar-refractivity contribution in [3.63, 3.8) is 0 Å². The second-order valence-corrected chi connectivity index (χ2v) is 3.94. The maximum absolute atomic E-state index is 11.7. The van der Waals surface area contributed by atoms with Crippen molar-refractivity contribution in [2.24, 2.45) is 5.92 Å². The van der Waals surface area contributed by atoms with Gasteiger partial charge in [0.05, 0.1) is 6.61 Å². The Morgan fingerprint density at radius 3 is 2.75 bits per heavy atom. The number of halogens is 3. The van der Waals surface area contributed by atoms with Gasteiger partial charge in [-0.15, -0.1) is 0 Å². The van der Waals surface area contributed by atoms with Crippen molar-refractivity contribution in [3.8, 4) is 0 Å². The third-order valence-electron chi connectivity index (χ3n) is 2.44. The number of ether oxygens (including phenoxy) is 2. The summed E-state index contributed by atoms with van der Waals surface area (Å²) >= 11 is 0. The van der Waals surface area contributed by atoms with E-state index in [2.05, 4.69) is 10.1 Å². The summed E-state index contributed by atoms with van der Waals surface area (Å²) in [5.74, 6) is 0.601. The first-order valence-corrected chi connectivity index (χ1v) is 5.51. The van der Waals surface area contributed by atoms with Crippen LogP contribution in [-0.2, 0) is 9.47 Å². The molecule has 6 heteroatoms. The molecule has 0 amide bonds. The molecule has 0 radical (unpaired) electrons. The molecule has 16 heavy (non-hydrogen) atoms. The molecule has 1 heterocycles. The monoisotopic (exact) mass is 241 g/mol. The zero-order valence-electron chi connectivity index (χ0n) is 9.18. The smallest absolute Gasteiger partial charge is 0.381 e. The molecule has 1 rings (SSSR count). The van der Waals surface area contributed by atoms with Crippen LogP contribution in [0.5, 0.6) is 0 Å². The van der Waals surface area contributed by atoms with Gasteiger partial charge in [-0.2, -0.15) is 13.2 Å². The summed E-state index contributed by atoms with van der Waals surface area (Å²) in [6, 6.07) is 0. The van der Waals surface area contributed by atoms with E-state index in [0.29, 0.717) is 12.5 Å². The Bertz CT molecular complexity index is 181. The second kappa shape index (κ2) is 7.09. The first kappa shape index (κ1) is 13.7. The van der Waals surface area contributed by atoms with Crippen molar-refractivity contribution in [1.82, 2.24) is 5.32 Å². The average molecular weight is 241 g/mol. The van der Waals surface area contributed by atoms with Crippen LogP contribution in [-0.4, -0.2) is 45.7 Å². The molecule has 3 nitrogen and oxygen atoms in total. The molecule has 0 bridgehead atoms. The van der Waals surface area contributed by atoms with E-state index in [1.165, 1.54) is 0 Å². The van der Waals surface area contributed by atoms with Crippen molar-refractivity contribution < 1.29 is 22.6 Å². The van der Waals surface area contributed by atoms with Crippen molar-refractivity contribution in [2.75, 3.05) is 39.5 Å². The fraction of sp³-hybridized carbons (Fsp3) is 1.00. The lowest BCUT2D eigenvalue weighted by atomic mass is 10.1. The van der Waals surface area contributed by atoms with Gasteiger partial charge >= 0.3 is 6.18 Å². The molecule has 0 aliphatic carbocycles. The first-order chi connectivity index (χ1) is 7.58. The van der Waals surface area contributed by atoms with E-state index in [9.17, 15) is 13.2 Å². The maximum Gasteiger partial charge on any atom is 0.411 e. The Morgan fingerprint density at radius 2 is 2.12 bits per heavy atom. The molecular weight excluding hydrogens is 223 g/mol. The average Bonchev–Trinajstić information content (AvgIpc) is 2.67. The lowest BCUT2D eigenvalue weighted by Crippen LogP contribution is -2.25. The normalized spacial score (nSPS) is 21.6. The maximum atomic E-state index is 11.7. The Kier molecular flexibility index (Phi) is 6.08. The minimum atomic E-state index is -4.22. The van der Waals surface area contributed by atoms with Crippen molar-refractivity contribution in [1.29, 1.82) is 0 Å². The van der Waals surface area contributed by atoms with E-state index in [0.717, 1.165) is 32.6 Å². The highest BCUT2D eigenvalue weighted by Gasteiger charge is 2.27. The molecule has 1 unspecified atom stereocenters. The fourth-order valence-electron chi connectivity index (χ4n) is 1.57. The van der Waals surface area contributed by atoms with Crippen LogP contribution in [0.15, 0.2) is 0 Å². The van der Waals surface area contributed by atoms with Crippen LogP contribution in [0.4, 0.5) is 13.2 Å². The van der Waals surface area contributed by atoms with Gasteiger partial charge in [0.1, 0.15) is 6.61 Å². The highest BCUT2D eigenvalue weighted by Crippen LogP contribution is 2.15. The molecule has 0 saturated carbocycles. The zero-order chi connectivity index (χ0) is 11.9. The van der Waals surface area contributed by atoms with Crippen LogP contribution in [0, 0.1) is 5.92 Å². The van der Waals surface area contributed by atoms with Gasteiger partial charge in [0.2, 0.25) is 0 Å². The van der Waals surface area contributed by atoms with Crippen LogP contribution in [0.25, 0.3) is 0 Å². The highest BCUT2D eigenvalue weighted by atomic mass is 19.4. The lowest BCUT2D eigenvalue weighted by molar-refractivity contribution is -0.173. The standard InChI is InChI=1S/C10H18F3NO2/c11-10(12,13)8-16-6-4-14-3-1-9-2-5-15-7-9/h9,14H,1-8H2. The molecule has 1 aliphatic rings. The molecule has 1 aliphatic heterocycles. The number of alkyl halides is 3. The fourth-order valence-corrected chi connectivity index (χ4v) is 1.57. The minimum Gasteiger partial charge on any atom is -0.381 e. The van der Waals surface area contributed by atoms with Gasteiger partial charge in [-0.25, -0.2) is 0 Å². The summed E-state index contributed by atoms with van der Waals surface area (Å²) in [5, 5.41) is 3.05. The molecule has 0 aromatic rings. The topological polar surface area (TPSA) is 30.5 Å². The third-order valence-corrected chi connectivity index (χ3v) is 2.44. The molecular formula is C10H18F3NO2. The van der Waals surface area contributed by atoms with Crippen LogP contribution < -0.4 is 5.32 Å². The largest absolute Gasteiger partial charge is 0.411 e. The molecule has 96 valence electrons. The molecule has 1 atom stereocenters. The number of nitrogens with one attached hydrogen (secondary N) is 1. The molecule has 0 spiro atoms. The van der Waals surface area contributed by atoms with Gasteiger partial charge in [-0.05, 0) is 25.3 Å². The van der Waals surface area contributed by atoms with Gasteiger partial charge in [0.15, 0.2) is 0 Å². The Balaban J connectivity index is 1.81. The van der Waals surface area contributed by atoms with E-state index in [1.807, 2.05) is 0 Å². The summed E-state index contributed by atoms with van der Waals surface area (Å²) in [4.78, 5) is 0. The molecule has 1 saturated heterocycles. The Hall–Kier alpha value is -0.330. The van der Waals surface area contributed by atoms with Crippen molar-refractivity contribution in [2.45, 2.75) is 19.0 Å². The summed E-state index contributed by atoms with van der Waals surface area (Å²) < 4.78 is 44.7. The first-order valence-electron chi connectivity index (χ1n) is 5.51. The zero-order valence-corrected chi connectivity index (χ0v) is 9.18. The van der Waals surface area contributed by atoms with Crippen LogP contribution in [0.1, 0.15) is 12.8 Å². The predicted octanol–water partition coefficient (Wildman–Crippen LogP) is 1.58. The highest BCUT2D eigenvalue weighted by molar-refractivity contribution is 4.65. The van der Waals surface area contributed by atoms with Gasteiger partial charge < -0.3 is 14.8 Å². The Morgan fingerprint density at radius 1 is 1.31 bits per heavy atom. The van der Waals surface area contributed by atoms with Gasteiger partial charge in [-0.1, -0.05) is 0 Å². The summed E-state index contributed by atoms with van der Waals surface area (Å²) in [5.41, 5.74) is 0. The minimum absolute atomic E-state index is 0.0979. The summed E-state index contributed by atoms with van der Waals surface area (Å²) in [6.45, 7) is 1.85. The third kappa shape index (κ3) is 7.03. The SMILES string of the molecule is FC(F)(F)COCCNCCC1CCOC1. The van der Waals surface area contributed by atoms with E-state index in [-0.39, 0.29) is 6.61 Å². The second-order valence-electron chi connectivity index (χ2n) is 3.94. The van der Waals surface area contributed by atoms with E-state index in [1.54, 1.807) is 0 Å². The van der Waals surface area contributed by atoms with Gasteiger partial charge in [0.25, 0.3) is 0 Å². The number of hydrogen-bond donors (Lipinski definition) is 1. The van der Waals surface area contributed by atoms with Crippen LogP contribution >= 0.6 is 0 Å². The van der Waals surface area contributed by atoms with Crippen molar-refractivity contribution in [3.05, 3.63) is 0 Å². The van der Waals surface area contributed by atoms with E-state index >= 15 is 0 Å². The molecule has 0 aromatic heterocycles. The quantitative estimate of drug-likeness (QED) is 0.686. The number of hydrogen-bond acceptors (Lipinski definition) is 3. The van der Waals surface area contributed by atoms with Crippen LogP contribution in [0.3, 0.4) is 0 Å². The van der Waals surface area contributed by atoms with E-state index in [4.69, 9.17) is 4.74 Å². The predicted molar refractivity (Wildman–Crippen MR) is 53.3 cm³/mol. The summed E-state index contributed by atoms with van der Waals surface area (Å²) in [6.07, 6.45) is -2.12.